The van der Waals surface area contributed by atoms with E-state index in [9.17, 15) is 24.9 Å². The van der Waals surface area contributed by atoms with Crippen molar-refractivity contribution in [1.29, 1.82) is 0 Å². The molecule has 0 spiro atoms. The zero-order chi connectivity index (χ0) is 19.1. The van der Waals surface area contributed by atoms with Crippen molar-refractivity contribution in [3.63, 3.8) is 0 Å². The smallest absolute Gasteiger partial charge is 0.333 e. The van der Waals surface area contributed by atoms with Crippen LogP contribution in [0.1, 0.15) is 41.5 Å². The molecule has 0 bridgehead atoms. The van der Waals surface area contributed by atoms with Crippen LogP contribution >= 0.6 is 0 Å². The van der Waals surface area contributed by atoms with Gasteiger partial charge in [-0.05, 0) is 34.6 Å². The molecule has 0 aliphatic carbocycles. The predicted octanol–water partition coefficient (Wildman–Crippen LogP) is -0.390. The molecule has 4 N–H and O–H groups in total. The van der Waals surface area contributed by atoms with E-state index in [0.717, 1.165) is 0 Å². The molecule has 0 aromatic heterocycles. The van der Waals surface area contributed by atoms with Crippen LogP contribution < -0.4 is 5.32 Å². The molecule has 24 heavy (non-hydrogen) atoms. The van der Waals surface area contributed by atoms with Gasteiger partial charge < -0.3 is 30.1 Å². The lowest BCUT2D eigenvalue weighted by molar-refractivity contribution is -0.386. The van der Waals surface area contributed by atoms with Crippen LogP contribution in [-0.2, 0) is 19.1 Å². The molecule has 138 valence electrons. The van der Waals surface area contributed by atoms with Gasteiger partial charge in [-0.3, -0.25) is 4.79 Å². The molecule has 1 aliphatic heterocycles. The van der Waals surface area contributed by atoms with E-state index in [2.05, 4.69) is 11.9 Å². The third-order valence-electron chi connectivity index (χ3n) is 5.03. The van der Waals surface area contributed by atoms with Gasteiger partial charge in [0.2, 0.25) is 5.91 Å². The average molecular weight is 345 g/mol. The van der Waals surface area contributed by atoms with E-state index >= 15 is 0 Å². The number of carbonyl (C=O) groups is 2. The molecule has 8 nitrogen and oxygen atoms in total. The molecule has 1 aliphatic rings. The number of hydrogen-bond acceptors (Lipinski definition) is 7. The van der Waals surface area contributed by atoms with Crippen molar-refractivity contribution in [3.8, 4) is 0 Å². The van der Waals surface area contributed by atoms with Crippen LogP contribution in [0.3, 0.4) is 0 Å². The number of ether oxygens (including phenoxy) is 2. The van der Waals surface area contributed by atoms with Gasteiger partial charge in [0.1, 0.15) is 29.5 Å². The Morgan fingerprint density at radius 1 is 1.17 bits per heavy atom. The van der Waals surface area contributed by atoms with Crippen molar-refractivity contribution in [2.24, 2.45) is 0 Å². The largest absolute Gasteiger partial charge is 0.459 e. The zero-order valence-corrected chi connectivity index (χ0v) is 15.0. The molecule has 0 saturated carbocycles. The van der Waals surface area contributed by atoms with Gasteiger partial charge in [0.25, 0.3) is 0 Å². The Morgan fingerprint density at radius 2 is 1.67 bits per heavy atom. The first-order valence-electron chi connectivity index (χ1n) is 7.56. The highest BCUT2D eigenvalue weighted by atomic mass is 16.7. The lowest BCUT2D eigenvalue weighted by Crippen LogP contribution is -2.85. The van der Waals surface area contributed by atoms with Crippen LogP contribution in [0.2, 0.25) is 0 Å². The standard InChI is InChI=1S/C16H27NO7/c1-9(2)12(19)23-8-11-13(4,20)15(6,21)14(5,17-10(3)18)16(7,22)24-11/h11,20-22H,1,8H2,2-7H3,(H,17,18). The van der Waals surface area contributed by atoms with E-state index in [0.29, 0.717) is 0 Å². The summed E-state index contributed by atoms with van der Waals surface area (Å²) in [5, 5.41) is 35.0. The summed E-state index contributed by atoms with van der Waals surface area (Å²) in [7, 11) is 0. The van der Waals surface area contributed by atoms with Crippen LogP contribution in [-0.4, -0.2) is 62.4 Å². The van der Waals surface area contributed by atoms with E-state index < -0.39 is 47.1 Å². The average Bonchev–Trinajstić information content (AvgIpc) is 2.39. The normalized spacial score (nSPS) is 42.3. The minimum Gasteiger partial charge on any atom is -0.459 e. The summed E-state index contributed by atoms with van der Waals surface area (Å²) >= 11 is 0. The van der Waals surface area contributed by atoms with Crippen molar-refractivity contribution >= 4 is 11.9 Å². The van der Waals surface area contributed by atoms with Gasteiger partial charge >= 0.3 is 5.97 Å². The number of aliphatic hydroxyl groups is 3. The van der Waals surface area contributed by atoms with Gasteiger partial charge in [-0.2, -0.15) is 0 Å². The van der Waals surface area contributed by atoms with E-state index in [1.807, 2.05) is 0 Å². The van der Waals surface area contributed by atoms with Crippen molar-refractivity contribution < 1.29 is 34.4 Å². The Hall–Kier alpha value is -1.48. The highest BCUT2D eigenvalue weighted by Gasteiger charge is 2.70. The Bertz CT molecular complexity index is 553. The third kappa shape index (κ3) is 3.06. The molecule has 1 amide bonds. The molecule has 1 heterocycles. The lowest BCUT2D eigenvalue weighted by Gasteiger charge is -2.62. The Kier molecular flexibility index (Phi) is 5.23. The number of carbonyl (C=O) groups excluding carboxylic acids is 2. The van der Waals surface area contributed by atoms with Gasteiger partial charge in [0.15, 0.2) is 5.79 Å². The van der Waals surface area contributed by atoms with Crippen LogP contribution in [0.5, 0.6) is 0 Å². The first-order valence-corrected chi connectivity index (χ1v) is 7.56. The van der Waals surface area contributed by atoms with Gasteiger partial charge in [0, 0.05) is 12.5 Å². The Labute approximate surface area is 141 Å². The van der Waals surface area contributed by atoms with E-state index in [1.165, 1.54) is 41.5 Å². The number of hydrogen-bond donors (Lipinski definition) is 4. The molecule has 1 saturated heterocycles. The fourth-order valence-electron chi connectivity index (χ4n) is 2.84. The molecular formula is C16H27NO7. The SMILES string of the molecule is C=C(C)C(=O)OCC1OC(C)(O)C(C)(NC(C)=O)C(C)(O)C1(C)O. The minimum atomic E-state index is -2.05. The fourth-order valence-corrected chi connectivity index (χ4v) is 2.84. The summed E-state index contributed by atoms with van der Waals surface area (Å²) in [6, 6.07) is 0. The molecule has 8 heteroatoms. The number of rotatable bonds is 4. The molecule has 0 aromatic rings. The third-order valence-corrected chi connectivity index (χ3v) is 5.03. The maximum absolute atomic E-state index is 11.6. The summed E-state index contributed by atoms with van der Waals surface area (Å²) in [5.41, 5.74) is -5.55. The first kappa shape index (κ1) is 20.6. The summed E-state index contributed by atoms with van der Waals surface area (Å²) < 4.78 is 10.5. The highest BCUT2D eigenvalue weighted by Crippen LogP contribution is 2.48. The summed E-state index contributed by atoms with van der Waals surface area (Å²) in [6.07, 6.45) is -1.24. The zero-order valence-electron chi connectivity index (χ0n) is 15.0. The van der Waals surface area contributed by atoms with E-state index in [-0.39, 0.29) is 5.57 Å². The topological polar surface area (TPSA) is 125 Å². The molecule has 0 aromatic carbocycles. The summed E-state index contributed by atoms with van der Waals surface area (Å²) in [5.74, 6) is -3.27. The van der Waals surface area contributed by atoms with Gasteiger partial charge in [0.05, 0.1) is 0 Å². The van der Waals surface area contributed by atoms with Crippen molar-refractivity contribution in [1.82, 2.24) is 5.32 Å². The fraction of sp³-hybridized carbons (Fsp3) is 0.750. The quantitative estimate of drug-likeness (QED) is 0.404. The second-order valence-corrected chi connectivity index (χ2v) is 6.99. The van der Waals surface area contributed by atoms with Gasteiger partial charge in [-0.15, -0.1) is 0 Å². The summed E-state index contributed by atoms with van der Waals surface area (Å²) in [6.45, 7) is 10.9. The van der Waals surface area contributed by atoms with E-state index in [1.54, 1.807) is 0 Å². The molecule has 1 rings (SSSR count). The van der Waals surface area contributed by atoms with Crippen molar-refractivity contribution in [3.05, 3.63) is 12.2 Å². The number of amides is 1. The molecule has 1 fully saturated rings. The maximum atomic E-state index is 11.6. The number of nitrogens with one attached hydrogen (secondary N) is 1. The molecule has 5 unspecified atom stereocenters. The summed E-state index contributed by atoms with van der Waals surface area (Å²) in [4.78, 5) is 23.1. The van der Waals surface area contributed by atoms with Crippen LogP contribution in [0.4, 0.5) is 0 Å². The maximum Gasteiger partial charge on any atom is 0.333 e. The van der Waals surface area contributed by atoms with Crippen LogP contribution in [0, 0.1) is 0 Å². The first-order chi connectivity index (χ1) is 10.6. The van der Waals surface area contributed by atoms with Crippen molar-refractivity contribution in [2.75, 3.05) is 6.61 Å². The minimum absolute atomic E-state index is 0.159. The van der Waals surface area contributed by atoms with Gasteiger partial charge in [-0.25, -0.2) is 4.79 Å². The molecular weight excluding hydrogens is 318 g/mol. The number of esters is 1. The second kappa shape index (κ2) is 6.11. The molecule has 5 atom stereocenters. The lowest BCUT2D eigenvalue weighted by atomic mass is 9.63. The highest BCUT2D eigenvalue weighted by molar-refractivity contribution is 5.86. The van der Waals surface area contributed by atoms with Gasteiger partial charge in [-0.1, -0.05) is 6.58 Å². The predicted molar refractivity (Wildman–Crippen MR) is 84.7 cm³/mol. The molecule has 0 radical (unpaired) electrons. The Balaban J connectivity index is 3.22. The second-order valence-electron chi connectivity index (χ2n) is 6.99. The van der Waals surface area contributed by atoms with Crippen molar-refractivity contribution in [2.45, 2.75) is 70.2 Å². The van der Waals surface area contributed by atoms with Crippen LogP contribution in [0.15, 0.2) is 12.2 Å². The Morgan fingerprint density at radius 3 is 2.08 bits per heavy atom. The monoisotopic (exact) mass is 345 g/mol. The van der Waals surface area contributed by atoms with Crippen LogP contribution in [0.25, 0.3) is 0 Å². The van der Waals surface area contributed by atoms with E-state index in [4.69, 9.17) is 9.47 Å².